The van der Waals surface area contributed by atoms with E-state index in [0.717, 1.165) is 28.6 Å². The minimum atomic E-state index is -0.876. The summed E-state index contributed by atoms with van der Waals surface area (Å²) in [4.78, 5) is 12.7. The summed E-state index contributed by atoms with van der Waals surface area (Å²) in [6, 6.07) is 10.6. The van der Waals surface area contributed by atoms with Gasteiger partial charge in [0.05, 0.1) is 23.4 Å². The van der Waals surface area contributed by atoms with Gasteiger partial charge in [0.2, 0.25) is 0 Å². The van der Waals surface area contributed by atoms with Gasteiger partial charge in [-0.05, 0) is 49.7 Å². The van der Waals surface area contributed by atoms with E-state index in [9.17, 15) is 13.6 Å². The normalized spacial score (nSPS) is 12.4. The van der Waals surface area contributed by atoms with E-state index in [1.165, 1.54) is 11.8 Å². The van der Waals surface area contributed by atoms with Gasteiger partial charge in [-0.1, -0.05) is 11.8 Å². The molecule has 1 atom stereocenters. The van der Waals surface area contributed by atoms with Gasteiger partial charge in [0.25, 0.3) is 0 Å². The van der Waals surface area contributed by atoms with Crippen LogP contribution in [0.1, 0.15) is 22.8 Å². The molecular formula is C21H17F2N3O2S. The zero-order valence-corrected chi connectivity index (χ0v) is 16.8. The van der Waals surface area contributed by atoms with Gasteiger partial charge in [-0.25, -0.2) is 8.78 Å². The van der Waals surface area contributed by atoms with E-state index in [1.54, 1.807) is 14.0 Å². The van der Waals surface area contributed by atoms with Crippen molar-refractivity contribution in [3.8, 4) is 5.75 Å². The fourth-order valence-electron chi connectivity index (χ4n) is 3.23. The van der Waals surface area contributed by atoms with Crippen LogP contribution in [0.3, 0.4) is 0 Å². The number of pyridine rings is 1. The summed E-state index contributed by atoms with van der Waals surface area (Å²) in [7, 11) is 1.59. The third-order valence-corrected chi connectivity index (χ3v) is 5.77. The second-order valence-corrected chi connectivity index (χ2v) is 7.94. The molecule has 0 saturated heterocycles. The highest BCUT2D eigenvalue weighted by Gasteiger charge is 2.23. The van der Waals surface area contributed by atoms with Gasteiger partial charge in [0, 0.05) is 17.5 Å². The lowest BCUT2D eigenvalue weighted by molar-refractivity contribution is 0.0990. The van der Waals surface area contributed by atoms with Crippen LogP contribution in [0.5, 0.6) is 5.75 Å². The lowest BCUT2D eigenvalue weighted by Crippen LogP contribution is -2.16. The number of hydrogen-bond donors (Lipinski definition) is 0. The minimum absolute atomic E-state index is 0.150. The van der Waals surface area contributed by atoms with E-state index >= 15 is 0 Å². The molecule has 0 fully saturated rings. The molecule has 29 heavy (non-hydrogen) atoms. The average Bonchev–Trinajstić information content (AvgIpc) is 3.09. The molecule has 148 valence electrons. The van der Waals surface area contributed by atoms with Crippen molar-refractivity contribution in [1.82, 2.24) is 14.6 Å². The van der Waals surface area contributed by atoms with Crippen molar-refractivity contribution in [2.45, 2.75) is 24.3 Å². The molecule has 0 aliphatic heterocycles. The van der Waals surface area contributed by atoms with Crippen LogP contribution in [0.15, 0.2) is 47.6 Å². The molecule has 4 aromatic rings. The third-order valence-electron chi connectivity index (χ3n) is 4.72. The zero-order valence-electron chi connectivity index (χ0n) is 15.9. The Morgan fingerprint density at radius 3 is 2.66 bits per heavy atom. The van der Waals surface area contributed by atoms with E-state index in [4.69, 9.17) is 4.74 Å². The first kappa shape index (κ1) is 19.3. The van der Waals surface area contributed by atoms with Crippen molar-refractivity contribution >= 4 is 34.1 Å². The van der Waals surface area contributed by atoms with Crippen molar-refractivity contribution < 1.29 is 18.3 Å². The van der Waals surface area contributed by atoms with Gasteiger partial charge in [-0.3, -0.25) is 9.20 Å². The Morgan fingerprint density at radius 2 is 1.93 bits per heavy atom. The van der Waals surface area contributed by atoms with Crippen LogP contribution in [0.2, 0.25) is 0 Å². The summed E-state index contributed by atoms with van der Waals surface area (Å²) in [5.41, 5.74) is 2.37. The number of benzene rings is 2. The van der Waals surface area contributed by atoms with Crippen LogP contribution >= 0.6 is 11.8 Å². The van der Waals surface area contributed by atoms with Crippen LogP contribution in [-0.4, -0.2) is 32.7 Å². The summed E-state index contributed by atoms with van der Waals surface area (Å²) in [5, 5.41) is 9.30. The van der Waals surface area contributed by atoms with Crippen molar-refractivity contribution in [2.24, 2.45) is 0 Å². The summed E-state index contributed by atoms with van der Waals surface area (Å²) in [6.45, 7) is 3.65. The summed E-state index contributed by atoms with van der Waals surface area (Å²) in [5.74, 6) is -1.36. The number of ketones is 1. The number of fused-ring (bicyclic) bond motifs is 3. The molecule has 1 unspecified atom stereocenters. The SMILES string of the molecule is COc1ccc2c(C)cc3nnc(SC(C)C(=O)c4ccc(F)cc4F)n3c2c1. The van der Waals surface area contributed by atoms with E-state index in [0.29, 0.717) is 22.6 Å². The Labute approximate surface area is 169 Å². The van der Waals surface area contributed by atoms with Crippen molar-refractivity contribution in [2.75, 3.05) is 7.11 Å². The van der Waals surface area contributed by atoms with Crippen LogP contribution in [0.4, 0.5) is 8.78 Å². The van der Waals surface area contributed by atoms with Crippen molar-refractivity contribution in [3.63, 3.8) is 0 Å². The van der Waals surface area contributed by atoms with Crippen LogP contribution in [-0.2, 0) is 0 Å². The first-order chi connectivity index (χ1) is 13.9. The first-order valence-corrected chi connectivity index (χ1v) is 9.75. The third kappa shape index (κ3) is 3.44. The number of thioether (sulfide) groups is 1. The maximum absolute atomic E-state index is 14.0. The highest BCUT2D eigenvalue weighted by atomic mass is 32.2. The maximum atomic E-state index is 14.0. The number of hydrogen-bond acceptors (Lipinski definition) is 5. The second kappa shape index (κ2) is 7.44. The predicted molar refractivity (Wildman–Crippen MR) is 108 cm³/mol. The van der Waals surface area contributed by atoms with E-state index in [1.807, 2.05) is 35.6 Å². The smallest absolute Gasteiger partial charge is 0.196 e. The second-order valence-electron chi connectivity index (χ2n) is 6.64. The lowest BCUT2D eigenvalue weighted by Gasteiger charge is -2.12. The maximum Gasteiger partial charge on any atom is 0.196 e. The van der Waals surface area contributed by atoms with Crippen LogP contribution in [0, 0.1) is 18.6 Å². The predicted octanol–water partition coefficient (Wildman–Crippen LogP) is 4.84. The Kier molecular flexibility index (Phi) is 4.96. The van der Waals surface area contributed by atoms with Gasteiger partial charge in [-0.2, -0.15) is 0 Å². The number of methoxy groups -OCH3 is 1. The van der Waals surface area contributed by atoms with Crippen molar-refractivity contribution in [1.29, 1.82) is 0 Å². The van der Waals surface area contributed by atoms with Crippen LogP contribution < -0.4 is 4.74 Å². The Hall–Kier alpha value is -3.00. The number of carbonyl (C=O) groups excluding carboxylic acids is 1. The Morgan fingerprint density at radius 1 is 1.14 bits per heavy atom. The highest BCUT2D eigenvalue weighted by Crippen LogP contribution is 2.31. The number of halogens is 2. The van der Waals surface area contributed by atoms with Gasteiger partial charge in [0.15, 0.2) is 16.6 Å². The number of ether oxygens (including phenoxy) is 1. The largest absolute Gasteiger partial charge is 0.497 e. The summed E-state index contributed by atoms with van der Waals surface area (Å²) < 4.78 is 34.3. The minimum Gasteiger partial charge on any atom is -0.497 e. The number of aromatic nitrogens is 3. The molecule has 0 aliphatic carbocycles. The molecular weight excluding hydrogens is 396 g/mol. The molecule has 0 N–H and O–H groups in total. The van der Waals surface area contributed by atoms with E-state index < -0.39 is 22.7 Å². The molecule has 0 radical (unpaired) electrons. The molecule has 8 heteroatoms. The fraction of sp³-hybridized carbons (Fsp3) is 0.190. The number of nitrogens with zero attached hydrogens (tertiary/aromatic N) is 3. The van der Waals surface area contributed by atoms with Gasteiger partial charge in [-0.15, -0.1) is 10.2 Å². The number of rotatable bonds is 5. The molecule has 0 saturated carbocycles. The van der Waals surface area contributed by atoms with Gasteiger partial charge in [0.1, 0.15) is 17.4 Å². The molecule has 4 rings (SSSR count). The molecule has 0 aliphatic rings. The Bertz CT molecular complexity index is 1260. The zero-order chi connectivity index (χ0) is 20.7. The summed E-state index contributed by atoms with van der Waals surface area (Å²) in [6.07, 6.45) is 0. The Balaban J connectivity index is 1.76. The molecule has 2 heterocycles. The topological polar surface area (TPSA) is 56.5 Å². The van der Waals surface area contributed by atoms with Gasteiger partial charge >= 0.3 is 0 Å². The van der Waals surface area contributed by atoms with Crippen LogP contribution in [0.25, 0.3) is 16.6 Å². The number of Topliss-reactive ketones (excluding diaryl/α,β-unsaturated/α-hetero) is 1. The standard InChI is InChI=1S/C21H17F2N3O2S/c1-11-8-19-24-25-21(26(19)18-10-14(28-3)5-7-15(11)18)29-12(2)20(27)16-6-4-13(22)9-17(16)23/h4-10,12H,1-3H3. The average molecular weight is 413 g/mol. The lowest BCUT2D eigenvalue weighted by atomic mass is 10.1. The number of aryl methyl sites for hydroxylation is 1. The molecule has 5 nitrogen and oxygen atoms in total. The number of carbonyl (C=O) groups is 1. The fourth-order valence-corrected chi connectivity index (χ4v) is 4.16. The van der Waals surface area contributed by atoms with E-state index in [-0.39, 0.29) is 5.56 Å². The molecule has 2 aromatic heterocycles. The van der Waals surface area contributed by atoms with Gasteiger partial charge < -0.3 is 4.74 Å². The van der Waals surface area contributed by atoms with E-state index in [2.05, 4.69) is 10.2 Å². The van der Waals surface area contributed by atoms with Crippen molar-refractivity contribution in [3.05, 3.63) is 65.2 Å². The quantitative estimate of drug-likeness (QED) is 0.346. The monoisotopic (exact) mass is 413 g/mol. The highest BCUT2D eigenvalue weighted by molar-refractivity contribution is 8.00. The molecule has 0 bridgehead atoms. The first-order valence-electron chi connectivity index (χ1n) is 8.87. The molecule has 2 aromatic carbocycles. The molecule has 0 spiro atoms. The molecule has 0 amide bonds. The summed E-state index contributed by atoms with van der Waals surface area (Å²) >= 11 is 1.17.